The monoisotopic (exact) mass is 530 g/mol. The summed E-state index contributed by atoms with van der Waals surface area (Å²) >= 11 is 0. The van der Waals surface area contributed by atoms with Gasteiger partial charge in [-0.15, -0.1) is 0 Å². The van der Waals surface area contributed by atoms with E-state index in [1.165, 1.54) is 24.3 Å². The van der Waals surface area contributed by atoms with Crippen molar-refractivity contribution in [2.45, 2.75) is 43.6 Å². The Hall–Kier alpha value is -3.69. The molecule has 15 heteroatoms. The van der Waals surface area contributed by atoms with Crippen LogP contribution in [-0.4, -0.2) is 75.1 Å². The van der Waals surface area contributed by atoms with Gasteiger partial charge in [-0.05, 0) is 12.8 Å². The highest BCUT2D eigenvalue weighted by Gasteiger charge is 2.45. The molecule has 37 heavy (non-hydrogen) atoms. The van der Waals surface area contributed by atoms with E-state index in [1.807, 2.05) is 0 Å². The lowest BCUT2D eigenvalue weighted by Gasteiger charge is -2.19. The maximum absolute atomic E-state index is 14.6. The van der Waals surface area contributed by atoms with Gasteiger partial charge in [0, 0.05) is 23.9 Å². The third kappa shape index (κ3) is 6.55. The van der Waals surface area contributed by atoms with Crippen molar-refractivity contribution < 1.29 is 46.9 Å². The number of nitrogens with zero attached hydrogens (tertiary/aromatic N) is 2. The van der Waals surface area contributed by atoms with Gasteiger partial charge in [0.25, 0.3) is 11.7 Å². The highest BCUT2D eigenvalue weighted by molar-refractivity contribution is 6.46. The summed E-state index contributed by atoms with van der Waals surface area (Å²) in [6.45, 7) is -1.20. The topological polar surface area (TPSA) is 160 Å². The minimum atomic E-state index is -5.09. The van der Waals surface area contributed by atoms with Gasteiger partial charge in [-0.3, -0.25) is 19.0 Å². The summed E-state index contributed by atoms with van der Waals surface area (Å²) in [6.07, 6.45) is -11.3. The molecule has 2 heterocycles. The molecule has 4 N–H and O–H groups in total. The number of aliphatic hydroxyl groups is 2. The number of carbonyl (C=O) groups is 3. The minimum absolute atomic E-state index is 0.00666. The molecule has 0 saturated carbocycles. The number of ketones is 1. The Labute approximate surface area is 206 Å². The number of ether oxygens (including phenoxy) is 1. The fourth-order valence-corrected chi connectivity index (χ4v) is 3.53. The van der Waals surface area contributed by atoms with Crippen molar-refractivity contribution >= 4 is 23.4 Å². The fraction of sp³-hybridized carbons (Fsp3) is 0.409. The number of hydrogen-bond acceptors (Lipinski definition) is 8. The molecule has 0 spiro atoms. The number of alkyl halides is 4. The third-order valence-corrected chi connectivity index (χ3v) is 5.42. The summed E-state index contributed by atoms with van der Waals surface area (Å²) in [7, 11) is 0. The predicted molar refractivity (Wildman–Crippen MR) is 117 cm³/mol. The second kappa shape index (κ2) is 11.6. The number of aromatic nitrogens is 2. The Morgan fingerprint density at radius 1 is 1.16 bits per heavy atom. The molecule has 1 aliphatic rings. The first-order valence-corrected chi connectivity index (χ1v) is 10.9. The molecule has 0 radical (unpaired) electrons. The second-order valence-electron chi connectivity index (χ2n) is 7.99. The quantitative estimate of drug-likeness (QED) is 0.156. The molecule has 1 aromatic heterocycles. The maximum atomic E-state index is 14.6. The SMILES string of the molecule is O=C(Nc1nc(=O)n([C@@H]2O[C@H](CO)[C@@H](O)[C@H]2F)cc1CCCNC(=O)C(F)(F)F)C(=O)c1ccccc1. The van der Waals surface area contributed by atoms with Crippen LogP contribution in [0.5, 0.6) is 0 Å². The zero-order valence-corrected chi connectivity index (χ0v) is 18.9. The zero-order chi connectivity index (χ0) is 27.3. The van der Waals surface area contributed by atoms with Crippen molar-refractivity contribution in [1.29, 1.82) is 0 Å². The zero-order valence-electron chi connectivity index (χ0n) is 18.9. The lowest BCUT2D eigenvalue weighted by molar-refractivity contribution is -0.173. The minimum Gasteiger partial charge on any atom is -0.394 e. The predicted octanol–water partition coefficient (Wildman–Crippen LogP) is 0.265. The fourth-order valence-electron chi connectivity index (χ4n) is 3.53. The van der Waals surface area contributed by atoms with Crippen molar-refractivity contribution in [2.75, 3.05) is 18.5 Å². The maximum Gasteiger partial charge on any atom is 0.471 e. The van der Waals surface area contributed by atoms with E-state index in [1.54, 1.807) is 11.4 Å². The molecule has 200 valence electrons. The van der Waals surface area contributed by atoms with Crippen molar-refractivity contribution in [3.8, 4) is 0 Å². The number of hydrogen-bond donors (Lipinski definition) is 4. The van der Waals surface area contributed by atoms with Gasteiger partial charge in [0.05, 0.1) is 6.61 Å². The molecule has 0 unspecified atom stereocenters. The van der Waals surface area contributed by atoms with E-state index in [9.17, 15) is 47.0 Å². The number of halogens is 4. The Balaban J connectivity index is 1.86. The van der Waals surface area contributed by atoms with Crippen LogP contribution in [0.2, 0.25) is 0 Å². The highest BCUT2D eigenvalue weighted by atomic mass is 19.4. The molecule has 1 aromatic carbocycles. The third-order valence-electron chi connectivity index (χ3n) is 5.42. The summed E-state index contributed by atoms with van der Waals surface area (Å²) in [5.41, 5.74) is -1.11. The number of aryl methyl sites for hydroxylation is 1. The van der Waals surface area contributed by atoms with Crippen LogP contribution >= 0.6 is 0 Å². The van der Waals surface area contributed by atoms with E-state index < -0.39 is 73.0 Å². The molecule has 0 bridgehead atoms. The largest absolute Gasteiger partial charge is 0.471 e. The highest BCUT2D eigenvalue weighted by Crippen LogP contribution is 2.31. The lowest BCUT2D eigenvalue weighted by atomic mass is 10.1. The van der Waals surface area contributed by atoms with Crippen LogP contribution in [-0.2, 0) is 20.7 Å². The van der Waals surface area contributed by atoms with E-state index >= 15 is 0 Å². The van der Waals surface area contributed by atoms with Crippen LogP contribution in [0.1, 0.15) is 28.6 Å². The number of benzene rings is 1. The molecule has 1 fully saturated rings. The summed E-state index contributed by atoms with van der Waals surface area (Å²) in [5.74, 6) is -4.71. The lowest BCUT2D eigenvalue weighted by Crippen LogP contribution is -2.37. The molecular weight excluding hydrogens is 508 g/mol. The van der Waals surface area contributed by atoms with Crippen LogP contribution in [0, 0.1) is 0 Å². The van der Waals surface area contributed by atoms with Gasteiger partial charge in [0.2, 0.25) is 0 Å². The van der Waals surface area contributed by atoms with Gasteiger partial charge in [0.1, 0.15) is 18.0 Å². The molecule has 1 saturated heterocycles. The van der Waals surface area contributed by atoms with E-state index in [0.29, 0.717) is 4.57 Å². The first-order chi connectivity index (χ1) is 17.4. The Kier molecular flexibility index (Phi) is 8.73. The normalized spacial score (nSPS) is 21.5. The van der Waals surface area contributed by atoms with Crippen molar-refractivity contribution in [3.63, 3.8) is 0 Å². The molecule has 4 atom stereocenters. The van der Waals surface area contributed by atoms with Gasteiger partial charge in [-0.25, -0.2) is 9.18 Å². The number of nitrogens with one attached hydrogen (secondary N) is 2. The van der Waals surface area contributed by atoms with Gasteiger partial charge in [0.15, 0.2) is 12.4 Å². The van der Waals surface area contributed by atoms with Gasteiger partial charge in [-0.1, -0.05) is 30.3 Å². The number of Topliss-reactive ketones (excluding diaryl/α,β-unsaturated/α-hetero) is 1. The molecule has 1 aliphatic heterocycles. The molecule has 0 aliphatic carbocycles. The molecule has 11 nitrogen and oxygen atoms in total. The van der Waals surface area contributed by atoms with Gasteiger partial charge >= 0.3 is 17.8 Å². The van der Waals surface area contributed by atoms with Crippen LogP contribution in [0.4, 0.5) is 23.4 Å². The van der Waals surface area contributed by atoms with E-state index in [2.05, 4.69) is 10.3 Å². The van der Waals surface area contributed by atoms with Crippen LogP contribution in [0.15, 0.2) is 41.3 Å². The molecular formula is C22H22F4N4O7. The number of amides is 2. The standard InChI is InChI=1S/C22H22F4N4O7/c23-14-16(33)13(10-31)37-19(14)30-9-12(7-4-8-27-20(35)22(24,25)26)17(29-21(30)36)28-18(34)15(32)11-5-2-1-3-6-11/h1-3,5-6,9,13-14,16,19,31,33H,4,7-8,10H2,(H,27,35)(H,28,29,34,36)/t13-,14-,16-,19-/m1/s1. The van der Waals surface area contributed by atoms with E-state index in [4.69, 9.17) is 4.74 Å². The first-order valence-electron chi connectivity index (χ1n) is 10.9. The molecule has 2 amide bonds. The average Bonchev–Trinajstić information content (AvgIpc) is 3.15. The van der Waals surface area contributed by atoms with E-state index in [-0.39, 0.29) is 24.0 Å². The summed E-state index contributed by atoms with van der Waals surface area (Å²) in [6, 6.07) is 7.40. The number of anilines is 1. The molecule has 3 rings (SSSR count). The Morgan fingerprint density at radius 3 is 2.43 bits per heavy atom. The number of carbonyl (C=O) groups excluding carboxylic acids is 3. The summed E-state index contributed by atoms with van der Waals surface area (Å²) < 4.78 is 57.6. The summed E-state index contributed by atoms with van der Waals surface area (Å²) in [5, 5.41) is 22.9. The summed E-state index contributed by atoms with van der Waals surface area (Å²) in [4.78, 5) is 52.2. The van der Waals surface area contributed by atoms with Crippen molar-refractivity contribution in [2.24, 2.45) is 0 Å². The second-order valence-corrected chi connectivity index (χ2v) is 7.99. The van der Waals surface area contributed by atoms with Gasteiger partial charge in [-0.2, -0.15) is 18.2 Å². The van der Waals surface area contributed by atoms with Crippen LogP contribution < -0.4 is 16.3 Å². The first kappa shape index (κ1) is 27.9. The Bertz CT molecular complexity index is 1210. The van der Waals surface area contributed by atoms with Crippen molar-refractivity contribution in [3.05, 3.63) is 58.1 Å². The van der Waals surface area contributed by atoms with Crippen LogP contribution in [0.25, 0.3) is 0 Å². The number of aliphatic hydroxyl groups excluding tert-OH is 2. The van der Waals surface area contributed by atoms with Crippen molar-refractivity contribution in [1.82, 2.24) is 14.9 Å². The number of rotatable bonds is 9. The van der Waals surface area contributed by atoms with E-state index in [0.717, 1.165) is 6.20 Å². The average molecular weight is 530 g/mol. The van der Waals surface area contributed by atoms with Gasteiger partial charge < -0.3 is 25.6 Å². The molecule has 2 aromatic rings. The Morgan fingerprint density at radius 2 is 1.84 bits per heavy atom. The van der Waals surface area contributed by atoms with Crippen LogP contribution in [0.3, 0.4) is 0 Å². The smallest absolute Gasteiger partial charge is 0.394 e.